The van der Waals surface area contributed by atoms with Gasteiger partial charge in [0.2, 0.25) is 0 Å². The molecular formula is C56H34O. The fourth-order valence-corrected chi connectivity index (χ4v) is 9.37. The van der Waals surface area contributed by atoms with Crippen molar-refractivity contribution in [2.45, 2.75) is 0 Å². The molecule has 0 bridgehead atoms. The molecule has 12 rings (SSSR count). The van der Waals surface area contributed by atoms with Crippen molar-refractivity contribution in [2.24, 2.45) is 0 Å². The molecular weight excluding hydrogens is 689 g/mol. The van der Waals surface area contributed by atoms with Crippen molar-refractivity contribution >= 4 is 75.8 Å². The largest absolute Gasteiger partial charge is 0.456 e. The van der Waals surface area contributed by atoms with Gasteiger partial charge in [0.1, 0.15) is 11.2 Å². The molecule has 0 saturated heterocycles. The van der Waals surface area contributed by atoms with E-state index in [2.05, 4.69) is 206 Å². The Morgan fingerprint density at radius 1 is 0.228 bits per heavy atom. The topological polar surface area (TPSA) is 13.1 Å². The third-order valence-corrected chi connectivity index (χ3v) is 12.0. The molecule has 1 nitrogen and oxygen atoms in total. The highest BCUT2D eigenvalue weighted by Crippen LogP contribution is 2.46. The Kier molecular flexibility index (Phi) is 7.00. The summed E-state index contributed by atoms with van der Waals surface area (Å²) in [5.41, 5.74) is 11.5. The van der Waals surface area contributed by atoms with Crippen LogP contribution in [0.4, 0.5) is 0 Å². The molecule has 1 heteroatoms. The molecule has 0 radical (unpaired) electrons. The zero-order chi connectivity index (χ0) is 37.5. The second-order valence-electron chi connectivity index (χ2n) is 15.2. The van der Waals surface area contributed by atoms with E-state index >= 15 is 0 Å². The standard InChI is InChI=1S/C56H34O/c1-3-16-43-35(11-1)13-10-22-45(43)39-14-9-15-41(32-39)55-47-18-5-7-20-49(47)56(50-21-8-6-19-48(50)55)42-27-30-54-52(34-42)51-33-38(26-29-53(51)57-54)37-25-28-46-40(31-37)24-23-36-12-2-4-17-44(36)46/h1-34H. The van der Waals surface area contributed by atoms with E-state index in [1.807, 2.05) is 0 Å². The highest BCUT2D eigenvalue weighted by atomic mass is 16.3. The Morgan fingerprint density at radius 2 is 0.684 bits per heavy atom. The maximum Gasteiger partial charge on any atom is 0.135 e. The Balaban J connectivity index is 1.03. The van der Waals surface area contributed by atoms with Crippen LogP contribution in [-0.2, 0) is 0 Å². The molecule has 0 aliphatic heterocycles. The number of rotatable bonds is 4. The minimum absolute atomic E-state index is 0.895. The third kappa shape index (κ3) is 5.03. The summed E-state index contributed by atoms with van der Waals surface area (Å²) < 4.78 is 6.48. The Hall–Kier alpha value is -7.48. The summed E-state index contributed by atoms with van der Waals surface area (Å²) >= 11 is 0. The molecule has 12 aromatic rings. The molecule has 0 unspecified atom stereocenters. The van der Waals surface area contributed by atoms with Gasteiger partial charge >= 0.3 is 0 Å². The van der Waals surface area contributed by atoms with Crippen molar-refractivity contribution in [2.75, 3.05) is 0 Å². The molecule has 0 amide bonds. The smallest absolute Gasteiger partial charge is 0.135 e. The number of hydrogen-bond donors (Lipinski definition) is 0. The lowest BCUT2D eigenvalue weighted by Gasteiger charge is -2.18. The van der Waals surface area contributed by atoms with Gasteiger partial charge in [0, 0.05) is 10.8 Å². The second-order valence-corrected chi connectivity index (χ2v) is 15.2. The van der Waals surface area contributed by atoms with Crippen LogP contribution in [0.3, 0.4) is 0 Å². The fraction of sp³-hybridized carbons (Fsp3) is 0. The SMILES string of the molecule is c1cc(-c2cccc3ccccc23)cc(-c2c3ccccc3c(-c3ccc4oc5ccc(-c6ccc7c(ccc8ccccc87)c6)cc5c4c3)c3ccccc23)c1. The van der Waals surface area contributed by atoms with Crippen LogP contribution in [0, 0.1) is 0 Å². The maximum absolute atomic E-state index is 6.48. The van der Waals surface area contributed by atoms with Crippen molar-refractivity contribution < 1.29 is 4.42 Å². The Morgan fingerprint density at radius 3 is 1.39 bits per heavy atom. The maximum atomic E-state index is 6.48. The van der Waals surface area contributed by atoms with Crippen LogP contribution < -0.4 is 0 Å². The molecule has 0 atom stereocenters. The van der Waals surface area contributed by atoms with Crippen molar-refractivity contribution in [3.05, 3.63) is 206 Å². The van der Waals surface area contributed by atoms with Gasteiger partial charge in [-0.3, -0.25) is 0 Å². The van der Waals surface area contributed by atoms with Crippen LogP contribution in [0.15, 0.2) is 211 Å². The first-order valence-electron chi connectivity index (χ1n) is 19.7. The number of benzene rings is 11. The molecule has 0 N–H and O–H groups in total. The third-order valence-electron chi connectivity index (χ3n) is 12.0. The molecule has 57 heavy (non-hydrogen) atoms. The van der Waals surface area contributed by atoms with Crippen LogP contribution in [-0.4, -0.2) is 0 Å². The predicted molar refractivity (Wildman–Crippen MR) is 243 cm³/mol. The minimum Gasteiger partial charge on any atom is -0.456 e. The van der Waals surface area contributed by atoms with Gasteiger partial charge in [-0.25, -0.2) is 0 Å². The molecule has 0 fully saturated rings. The van der Waals surface area contributed by atoms with Gasteiger partial charge in [0.25, 0.3) is 0 Å². The molecule has 0 spiro atoms. The average molecular weight is 723 g/mol. The van der Waals surface area contributed by atoms with E-state index in [1.165, 1.54) is 98.4 Å². The van der Waals surface area contributed by atoms with E-state index in [0.717, 1.165) is 21.9 Å². The summed E-state index contributed by atoms with van der Waals surface area (Å²) in [6, 6.07) is 75.4. The first-order chi connectivity index (χ1) is 28.2. The van der Waals surface area contributed by atoms with Crippen LogP contribution in [0.5, 0.6) is 0 Å². The lowest BCUT2D eigenvalue weighted by molar-refractivity contribution is 0.669. The number of hydrogen-bond acceptors (Lipinski definition) is 1. The summed E-state index contributed by atoms with van der Waals surface area (Å²) in [7, 11) is 0. The van der Waals surface area contributed by atoms with Gasteiger partial charge in [-0.2, -0.15) is 0 Å². The molecule has 11 aromatic carbocycles. The van der Waals surface area contributed by atoms with Gasteiger partial charge in [0.05, 0.1) is 0 Å². The first-order valence-corrected chi connectivity index (χ1v) is 19.7. The highest BCUT2D eigenvalue weighted by molar-refractivity contribution is 6.22. The van der Waals surface area contributed by atoms with Crippen LogP contribution in [0.25, 0.3) is 120 Å². The quantitative estimate of drug-likeness (QED) is 0.130. The lowest BCUT2D eigenvalue weighted by atomic mass is 9.85. The van der Waals surface area contributed by atoms with Gasteiger partial charge in [-0.15, -0.1) is 0 Å². The Labute approximate surface area is 329 Å². The molecule has 264 valence electrons. The van der Waals surface area contributed by atoms with E-state index in [-0.39, 0.29) is 0 Å². The molecule has 1 aromatic heterocycles. The fourth-order valence-electron chi connectivity index (χ4n) is 9.37. The zero-order valence-electron chi connectivity index (χ0n) is 31.0. The second kappa shape index (κ2) is 12.5. The van der Waals surface area contributed by atoms with Crippen LogP contribution in [0.2, 0.25) is 0 Å². The van der Waals surface area contributed by atoms with Gasteiger partial charge in [-0.05, 0) is 135 Å². The summed E-state index contributed by atoms with van der Waals surface area (Å²) in [4.78, 5) is 0. The molecule has 1 heterocycles. The Bertz CT molecular complexity index is 3520. The van der Waals surface area contributed by atoms with E-state index in [4.69, 9.17) is 4.42 Å². The van der Waals surface area contributed by atoms with Crippen molar-refractivity contribution in [3.63, 3.8) is 0 Å². The molecule has 0 aliphatic carbocycles. The van der Waals surface area contributed by atoms with Crippen LogP contribution >= 0.6 is 0 Å². The van der Waals surface area contributed by atoms with E-state index in [1.54, 1.807) is 0 Å². The van der Waals surface area contributed by atoms with Crippen LogP contribution in [0.1, 0.15) is 0 Å². The van der Waals surface area contributed by atoms with Crippen molar-refractivity contribution in [1.29, 1.82) is 0 Å². The average Bonchev–Trinajstić information content (AvgIpc) is 3.65. The first kappa shape index (κ1) is 31.8. The van der Waals surface area contributed by atoms with Gasteiger partial charge in [-0.1, -0.05) is 170 Å². The molecule has 0 saturated carbocycles. The number of fused-ring (bicyclic) bond motifs is 9. The van der Waals surface area contributed by atoms with Gasteiger partial charge < -0.3 is 4.42 Å². The van der Waals surface area contributed by atoms with E-state index in [0.29, 0.717) is 0 Å². The highest BCUT2D eigenvalue weighted by Gasteiger charge is 2.19. The normalized spacial score (nSPS) is 11.9. The summed E-state index contributed by atoms with van der Waals surface area (Å²) in [6.45, 7) is 0. The minimum atomic E-state index is 0.895. The van der Waals surface area contributed by atoms with Gasteiger partial charge in [0.15, 0.2) is 0 Å². The predicted octanol–water partition coefficient (Wildman–Crippen LogP) is 16.0. The molecule has 0 aliphatic rings. The van der Waals surface area contributed by atoms with E-state index < -0.39 is 0 Å². The van der Waals surface area contributed by atoms with Crippen molar-refractivity contribution in [3.8, 4) is 44.5 Å². The van der Waals surface area contributed by atoms with E-state index in [9.17, 15) is 0 Å². The monoisotopic (exact) mass is 722 g/mol. The zero-order valence-corrected chi connectivity index (χ0v) is 31.0. The lowest BCUT2D eigenvalue weighted by Crippen LogP contribution is -1.91. The number of furan rings is 1. The summed E-state index contributed by atoms with van der Waals surface area (Å²) in [5, 5.41) is 14.8. The summed E-state index contributed by atoms with van der Waals surface area (Å²) in [6.07, 6.45) is 0. The van der Waals surface area contributed by atoms with Crippen molar-refractivity contribution in [1.82, 2.24) is 0 Å². The summed E-state index contributed by atoms with van der Waals surface area (Å²) in [5.74, 6) is 0.